The number of likely N-dealkylation sites (N-methyl/N-ethyl adjacent to an activating group) is 1. The Labute approximate surface area is 105 Å². The molecule has 98 valence electrons. The Kier molecular flexibility index (Phi) is 3.42. The van der Waals surface area contributed by atoms with Crippen LogP contribution in [-0.4, -0.2) is 59.8 Å². The van der Waals surface area contributed by atoms with Crippen molar-refractivity contribution in [3.63, 3.8) is 0 Å². The molecule has 0 spiro atoms. The average Bonchev–Trinajstić information content (AvgIpc) is 2.78. The first-order valence-corrected chi connectivity index (χ1v) is 7.36. The minimum absolute atomic E-state index is 0.0202. The fraction of sp³-hybridized carbons (Fsp3) is 1.00. The van der Waals surface area contributed by atoms with Crippen LogP contribution in [0, 0.1) is 5.92 Å². The normalized spacial score (nSPS) is 44.1. The largest absolute Gasteiger partial charge is 0.393 e. The zero-order chi connectivity index (χ0) is 11.8. The first-order valence-electron chi connectivity index (χ1n) is 7.36. The summed E-state index contributed by atoms with van der Waals surface area (Å²) in [6, 6.07) is 1.61. The van der Waals surface area contributed by atoms with Gasteiger partial charge in [0, 0.05) is 25.2 Å². The van der Waals surface area contributed by atoms with Crippen molar-refractivity contribution in [2.75, 3.05) is 26.7 Å². The Morgan fingerprint density at radius 3 is 2.65 bits per heavy atom. The summed E-state index contributed by atoms with van der Waals surface area (Å²) in [6.07, 6.45) is 7.59. The van der Waals surface area contributed by atoms with E-state index in [-0.39, 0.29) is 6.10 Å². The molecule has 2 bridgehead atoms. The van der Waals surface area contributed by atoms with Crippen molar-refractivity contribution in [2.24, 2.45) is 5.92 Å². The molecule has 0 radical (unpaired) electrons. The standard InChI is InChI=1S/C14H26N2O/c1-15-12-5-6-13(15)10-16(8-7-12)9-11-3-2-4-14(11)17/h11-14,17H,2-10H2,1H3. The zero-order valence-corrected chi connectivity index (χ0v) is 11.0. The van der Waals surface area contributed by atoms with E-state index in [9.17, 15) is 5.11 Å². The second kappa shape index (κ2) is 4.87. The highest BCUT2D eigenvalue weighted by Gasteiger charge is 2.36. The number of aliphatic hydroxyl groups is 1. The van der Waals surface area contributed by atoms with Crippen LogP contribution in [0.5, 0.6) is 0 Å². The molecule has 1 saturated carbocycles. The summed E-state index contributed by atoms with van der Waals surface area (Å²) in [6.45, 7) is 3.61. The highest BCUT2D eigenvalue weighted by molar-refractivity contribution is 4.92. The molecule has 2 heterocycles. The maximum Gasteiger partial charge on any atom is 0.0580 e. The van der Waals surface area contributed by atoms with Gasteiger partial charge < -0.3 is 10.0 Å². The summed E-state index contributed by atoms with van der Waals surface area (Å²) in [7, 11) is 2.30. The molecular formula is C14H26N2O. The van der Waals surface area contributed by atoms with Gasteiger partial charge in [-0.05, 0) is 51.6 Å². The van der Waals surface area contributed by atoms with Gasteiger partial charge in [0.2, 0.25) is 0 Å². The molecule has 4 unspecified atom stereocenters. The van der Waals surface area contributed by atoms with E-state index < -0.39 is 0 Å². The van der Waals surface area contributed by atoms with Gasteiger partial charge in [0.05, 0.1) is 6.10 Å². The lowest BCUT2D eigenvalue weighted by molar-refractivity contribution is 0.0981. The van der Waals surface area contributed by atoms with Crippen molar-refractivity contribution < 1.29 is 5.11 Å². The molecule has 0 amide bonds. The quantitative estimate of drug-likeness (QED) is 0.786. The zero-order valence-electron chi connectivity index (χ0n) is 11.0. The third-order valence-electron chi connectivity index (χ3n) is 5.34. The van der Waals surface area contributed by atoms with Crippen LogP contribution in [0.25, 0.3) is 0 Å². The van der Waals surface area contributed by atoms with Gasteiger partial charge in [-0.3, -0.25) is 4.90 Å². The summed E-state index contributed by atoms with van der Waals surface area (Å²) >= 11 is 0. The molecule has 4 atom stereocenters. The van der Waals surface area contributed by atoms with Gasteiger partial charge in [-0.1, -0.05) is 6.42 Å². The van der Waals surface area contributed by atoms with Crippen molar-refractivity contribution in [1.29, 1.82) is 0 Å². The van der Waals surface area contributed by atoms with Gasteiger partial charge in [-0.2, -0.15) is 0 Å². The first kappa shape index (κ1) is 11.9. The minimum atomic E-state index is -0.0202. The monoisotopic (exact) mass is 238 g/mol. The number of hydrogen-bond acceptors (Lipinski definition) is 3. The van der Waals surface area contributed by atoms with Crippen LogP contribution in [0.15, 0.2) is 0 Å². The Morgan fingerprint density at radius 1 is 1.06 bits per heavy atom. The lowest BCUT2D eigenvalue weighted by Crippen LogP contribution is -2.39. The second-order valence-electron chi connectivity index (χ2n) is 6.36. The van der Waals surface area contributed by atoms with Crippen molar-refractivity contribution in [1.82, 2.24) is 9.80 Å². The van der Waals surface area contributed by atoms with Gasteiger partial charge in [0.15, 0.2) is 0 Å². The molecule has 3 nitrogen and oxygen atoms in total. The number of hydrogen-bond donors (Lipinski definition) is 1. The SMILES string of the molecule is CN1C2CCC1CN(CC1CCCC1O)CC2. The van der Waals surface area contributed by atoms with E-state index in [2.05, 4.69) is 16.8 Å². The van der Waals surface area contributed by atoms with E-state index >= 15 is 0 Å². The van der Waals surface area contributed by atoms with E-state index in [1.165, 1.54) is 45.2 Å². The maximum atomic E-state index is 9.94. The molecule has 1 N–H and O–H groups in total. The molecule has 2 aliphatic heterocycles. The number of rotatable bonds is 2. The Bertz CT molecular complexity index is 271. The first-order chi connectivity index (χ1) is 8.24. The lowest BCUT2D eigenvalue weighted by Gasteiger charge is -2.28. The number of fused-ring (bicyclic) bond motifs is 2. The Hall–Kier alpha value is -0.120. The highest BCUT2D eigenvalue weighted by atomic mass is 16.3. The fourth-order valence-electron chi connectivity index (χ4n) is 4.11. The summed E-state index contributed by atoms with van der Waals surface area (Å²) in [5.41, 5.74) is 0. The average molecular weight is 238 g/mol. The van der Waals surface area contributed by atoms with Crippen LogP contribution < -0.4 is 0 Å². The molecule has 0 aromatic rings. The molecule has 3 heteroatoms. The van der Waals surface area contributed by atoms with Crippen molar-refractivity contribution in [3.05, 3.63) is 0 Å². The molecule has 3 fully saturated rings. The van der Waals surface area contributed by atoms with Crippen LogP contribution in [-0.2, 0) is 0 Å². The molecule has 17 heavy (non-hydrogen) atoms. The van der Waals surface area contributed by atoms with Gasteiger partial charge >= 0.3 is 0 Å². The van der Waals surface area contributed by atoms with E-state index in [0.717, 1.165) is 25.0 Å². The number of aliphatic hydroxyl groups excluding tert-OH is 1. The van der Waals surface area contributed by atoms with Crippen molar-refractivity contribution >= 4 is 0 Å². The van der Waals surface area contributed by atoms with Crippen molar-refractivity contribution in [3.8, 4) is 0 Å². The van der Waals surface area contributed by atoms with Crippen LogP contribution in [0.4, 0.5) is 0 Å². The summed E-state index contributed by atoms with van der Waals surface area (Å²) in [5.74, 6) is 0.553. The molecule has 0 aromatic carbocycles. The van der Waals surface area contributed by atoms with Gasteiger partial charge in [-0.25, -0.2) is 0 Å². The van der Waals surface area contributed by atoms with Crippen LogP contribution in [0.1, 0.15) is 38.5 Å². The minimum Gasteiger partial charge on any atom is -0.393 e. The number of nitrogens with zero attached hydrogens (tertiary/aromatic N) is 2. The summed E-state index contributed by atoms with van der Waals surface area (Å²) in [4.78, 5) is 5.23. The van der Waals surface area contributed by atoms with E-state index in [1.807, 2.05) is 0 Å². The molecule has 3 aliphatic rings. The molecular weight excluding hydrogens is 212 g/mol. The van der Waals surface area contributed by atoms with E-state index in [0.29, 0.717) is 5.92 Å². The van der Waals surface area contributed by atoms with Gasteiger partial charge in [0.1, 0.15) is 0 Å². The maximum absolute atomic E-state index is 9.94. The second-order valence-corrected chi connectivity index (χ2v) is 6.36. The van der Waals surface area contributed by atoms with Crippen LogP contribution >= 0.6 is 0 Å². The topological polar surface area (TPSA) is 26.7 Å². The Morgan fingerprint density at radius 2 is 1.88 bits per heavy atom. The predicted octanol–water partition coefficient (Wildman–Crippen LogP) is 1.32. The van der Waals surface area contributed by atoms with E-state index in [1.54, 1.807) is 0 Å². The molecule has 2 saturated heterocycles. The van der Waals surface area contributed by atoms with Crippen LogP contribution in [0.2, 0.25) is 0 Å². The molecule has 0 aromatic heterocycles. The summed E-state index contributed by atoms with van der Waals surface area (Å²) < 4.78 is 0. The Balaban J connectivity index is 1.58. The fourth-order valence-corrected chi connectivity index (χ4v) is 4.11. The third-order valence-corrected chi connectivity index (χ3v) is 5.34. The summed E-state index contributed by atoms with van der Waals surface area (Å²) in [5, 5.41) is 9.94. The van der Waals surface area contributed by atoms with Gasteiger partial charge in [-0.15, -0.1) is 0 Å². The molecule has 3 rings (SSSR count). The lowest BCUT2D eigenvalue weighted by atomic mass is 10.0. The predicted molar refractivity (Wildman–Crippen MR) is 69.0 cm³/mol. The number of likely N-dealkylation sites (tertiary alicyclic amines) is 1. The van der Waals surface area contributed by atoms with E-state index in [4.69, 9.17) is 0 Å². The van der Waals surface area contributed by atoms with Crippen LogP contribution in [0.3, 0.4) is 0 Å². The highest BCUT2D eigenvalue weighted by Crippen LogP contribution is 2.31. The van der Waals surface area contributed by atoms with Crippen molar-refractivity contribution in [2.45, 2.75) is 56.7 Å². The molecule has 1 aliphatic carbocycles. The third kappa shape index (κ3) is 2.38. The smallest absolute Gasteiger partial charge is 0.0580 e. The van der Waals surface area contributed by atoms with Gasteiger partial charge in [0.25, 0.3) is 0 Å².